The summed E-state index contributed by atoms with van der Waals surface area (Å²) in [5, 5.41) is 0. The van der Waals surface area contributed by atoms with Crippen LogP contribution >= 0.6 is 0 Å². The highest BCUT2D eigenvalue weighted by atomic mass is 19.1. The molecule has 0 aliphatic heterocycles. The summed E-state index contributed by atoms with van der Waals surface area (Å²) in [6, 6.07) is 13.7. The molecule has 0 saturated carbocycles. The van der Waals surface area contributed by atoms with Crippen molar-refractivity contribution in [3.05, 3.63) is 71.0 Å². The van der Waals surface area contributed by atoms with Crippen LogP contribution in [0.25, 0.3) is 0 Å². The largest absolute Gasteiger partial charge is 0.337 e. The van der Waals surface area contributed by atoms with Crippen LogP contribution in [0.5, 0.6) is 0 Å². The number of carbonyl (C=O) groups is 1. The third-order valence-corrected chi connectivity index (χ3v) is 3.26. The van der Waals surface area contributed by atoms with Crippen molar-refractivity contribution >= 4 is 5.91 Å². The molecule has 0 aliphatic rings. The van der Waals surface area contributed by atoms with Crippen molar-refractivity contribution in [3.63, 3.8) is 0 Å². The first kappa shape index (κ1) is 15.2. The highest BCUT2D eigenvalue weighted by molar-refractivity contribution is 5.94. The maximum absolute atomic E-state index is 13.2. The van der Waals surface area contributed by atoms with Gasteiger partial charge in [0.15, 0.2) is 0 Å². The minimum Gasteiger partial charge on any atom is -0.337 e. The van der Waals surface area contributed by atoms with Gasteiger partial charge in [0.1, 0.15) is 5.82 Å². The second kappa shape index (κ2) is 6.99. The molecular weight excluding hydrogens is 267 g/mol. The highest BCUT2D eigenvalue weighted by Crippen LogP contribution is 2.11. The first-order chi connectivity index (χ1) is 10.1. The van der Waals surface area contributed by atoms with Crippen LogP contribution < -0.4 is 5.73 Å². The van der Waals surface area contributed by atoms with Gasteiger partial charge in [-0.15, -0.1) is 0 Å². The zero-order chi connectivity index (χ0) is 15.2. The number of hydrogen-bond donors (Lipinski definition) is 1. The number of amides is 1. The zero-order valence-corrected chi connectivity index (χ0v) is 12.1. The fourth-order valence-corrected chi connectivity index (χ4v) is 2.23. The van der Waals surface area contributed by atoms with E-state index in [4.69, 9.17) is 5.73 Å². The molecule has 0 aromatic heterocycles. The smallest absolute Gasteiger partial charge is 0.253 e. The second-order valence-corrected chi connectivity index (χ2v) is 5.03. The van der Waals surface area contributed by atoms with E-state index in [1.807, 2.05) is 18.2 Å². The topological polar surface area (TPSA) is 46.3 Å². The standard InChI is InChI=1S/C17H19FN2O/c1-20(12-14-5-3-7-16(18)11-14)17(21)15-6-2-4-13(10-15)8-9-19/h2-7,10-11H,8-9,12,19H2,1H3. The minimum absolute atomic E-state index is 0.0851. The number of hydrogen-bond acceptors (Lipinski definition) is 2. The van der Waals surface area contributed by atoms with E-state index in [-0.39, 0.29) is 11.7 Å². The number of carbonyl (C=O) groups excluding carboxylic acids is 1. The molecule has 0 saturated heterocycles. The van der Waals surface area contributed by atoms with Crippen molar-refractivity contribution < 1.29 is 9.18 Å². The Morgan fingerprint density at radius 3 is 2.57 bits per heavy atom. The molecule has 0 atom stereocenters. The lowest BCUT2D eigenvalue weighted by atomic mass is 10.1. The van der Waals surface area contributed by atoms with E-state index in [0.29, 0.717) is 18.7 Å². The fraction of sp³-hybridized carbons (Fsp3) is 0.235. The van der Waals surface area contributed by atoms with Gasteiger partial charge in [0, 0.05) is 19.2 Å². The predicted molar refractivity (Wildman–Crippen MR) is 81.4 cm³/mol. The van der Waals surface area contributed by atoms with Crippen LogP contribution in [0.15, 0.2) is 48.5 Å². The van der Waals surface area contributed by atoms with Gasteiger partial charge >= 0.3 is 0 Å². The molecular formula is C17H19FN2O. The molecule has 2 aromatic rings. The monoisotopic (exact) mass is 286 g/mol. The van der Waals surface area contributed by atoms with E-state index >= 15 is 0 Å². The second-order valence-electron chi connectivity index (χ2n) is 5.03. The molecule has 2 aromatic carbocycles. The first-order valence-corrected chi connectivity index (χ1v) is 6.89. The van der Waals surface area contributed by atoms with Crippen LogP contribution in [0, 0.1) is 5.82 Å². The summed E-state index contributed by atoms with van der Waals surface area (Å²) in [7, 11) is 1.71. The molecule has 3 nitrogen and oxygen atoms in total. The van der Waals surface area contributed by atoms with Crippen LogP contribution in [-0.2, 0) is 13.0 Å². The number of benzene rings is 2. The SMILES string of the molecule is CN(Cc1cccc(F)c1)C(=O)c1cccc(CCN)c1. The Morgan fingerprint density at radius 1 is 1.14 bits per heavy atom. The van der Waals surface area contributed by atoms with Crippen LogP contribution in [0.3, 0.4) is 0 Å². The maximum atomic E-state index is 13.2. The summed E-state index contributed by atoms with van der Waals surface area (Å²) in [5.41, 5.74) is 7.97. The van der Waals surface area contributed by atoms with Crippen LogP contribution in [0.4, 0.5) is 4.39 Å². The third kappa shape index (κ3) is 4.13. The molecule has 0 bridgehead atoms. The Morgan fingerprint density at radius 2 is 1.86 bits per heavy atom. The van der Waals surface area contributed by atoms with Crippen molar-refractivity contribution in [3.8, 4) is 0 Å². The summed E-state index contributed by atoms with van der Waals surface area (Å²) >= 11 is 0. The summed E-state index contributed by atoms with van der Waals surface area (Å²) in [6.45, 7) is 0.925. The van der Waals surface area contributed by atoms with E-state index in [1.54, 1.807) is 30.1 Å². The van der Waals surface area contributed by atoms with Crippen molar-refractivity contribution in [1.82, 2.24) is 4.90 Å². The van der Waals surface area contributed by atoms with Crippen molar-refractivity contribution in [2.45, 2.75) is 13.0 Å². The van der Waals surface area contributed by atoms with Crippen LogP contribution in [0.2, 0.25) is 0 Å². The molecule has 2 N–H and O–H groups in total. The number of nitrogens with zero attached hydrogens (tertiary/aromatic N) is 1. The number of nitrogens with two attached hydrogens (primary N) is 1. The Bertz CT molecular complexity index is 628. The van der Waals surface area contributed by atoms with Gasteiger partial charge < -0.3 is 10.6 Å². The Hall–Kier alpha value is -2.20. The summed E-state index contributed by atoms with van der Waals surface area (Å²) in [5.74, 6) is -0.378. The van der Waals surface area contributed by atoms with Gasteiger partial charge in [0.05, 0.1) is 0 Å². The molecule has 110 valence electrons. The van der Waals surface area contributed by atoms with Gasteiger partial charge in [-0.1, -0.05) is 24.3 Å². The van der Waals surface area contributed by atoms with E-state index in [1.165, 1.54) is 12.1 Å². The van der Waals surface area contributed by atoms with E-state index < -0.39 is 0 Å². The molecule has 0 spiro atoms. The molecule has 4 heteroatoms. The molecule has 0 radical (unpaired) electrons. The molecule has 0 aliphatic carbocycles. The number of halogens is 1. The molecule has 21 heavy (non-hydrogen) atoms. The minimum atomic E-state index is -0.293. The zero-order valence-electron chi connectivity index (χ0n) is 12.1. The molecule has 0 unspecified atom stereocenters. The molecule has 2 rings (SSSR count). The van der Waals surface area contributed by atoms with E-state index in [0.717, 1.165) is 17.5 Å². The van der Waals surface area contributed by atoms with Gasteiger partial charge in [-0.25, -0.2) is 4.39 Å². The lowest BCUT2D eigenvalue weighted by Crippen LogP contribution is -2.26. The maximum Gasteiger partial charge on any atom is 0.253 e. The average molecular weight is 286 g/mol. The Kier molecular flexibility index (Phi) is 5.06. The van der Waals surface area contributed by atoms with Gasteiger partial charge in [0.2, 0.25) is 0 Å². The van der Waals surface area contributed by atoms with E-state index in [9.17, 15) is 9.18 Å². The Balaban J connectivity index is 2.10. The molecule has 0 heterocycles. The van der Waals surface area contributed by atoms with Gasteiger partial charge in [-0.2, -0.15) is 0 Å². The highest BCUT2D eigenvalue weighted by Gasteiger charge is 2.12. The average Bonchev–Trinajstić information content (AvgIpc) is 2.47. The van der Waals surface area contributed by atoms with Gasteiger partial charge in [-0.3, -0.25) is 4.79 Å². The van der Waals surface area contributed by atoms with Gasteiger partial charge in [-0.05, 0) is 48.4 Å². The van der Waals surface area contributed by atoms with Crippen molar-refractivity contribution in [2.24, 2.45) is 5.73 Å². The summed E-state index contributed by atoms with van der Waals surface area (Å²) in [6.07, 6.45) is 0.745. The van der Waals surface area contributed by atoms with E-state index in [2.05, 4.69) is 0 Å². The lowest BCUT2D eigenvalue weighted by Gasteiger charge is -2.18. The quantitative estimate of drug-likeness (QED) is 0.918. The summed E-state index contributed by atoms with van der Waals surface area (Å²) < 4.78 is 13.2. The lowest BCUT2D eigenvalue weighted by molar-refractivity contribution is 0.0785. The van der Waals surface area contributed by atoms with Gasteiger partial charge in [0.25, 0.3) is 5.91 Å². The van der Waals surface area contributed by atoms with Crippen LogP contribution in [-0.4, -0.2) is 24.4 Å². The molecule has 1 amide bonds. The predicted octanol–water partition coefficient (Wildman–Crippen LogP) is 2.60. The van der Waals surface area contributed by atoms with Crippen LogP contribution in [0.1, 0.15) is 21.5 Å². The molecule has 0 fully saturated rings. The van der Waals surface area contributed by atoms with Crippen molar-refractivity contribution in [2.75, 3.05) is 13.6 Å². The first-order valence-electron chi connectivity index (χ1n) is 6.89. The fourth-order valence-electron chi connectivity index (χ4n) is 2.23. The normalized spacial score (nSPS) is 10.4. The third-order valence-electron chi connectivity index (χ3n) is 3.26. The summed E-state index contributed by atoms with van der Waals surface area (Å²) in [4.78, 5) is 14.0. The number of rotatable bonds is 5. The Labute approximate surface area is 124 Å². The van der Waals surface area contributed by atoms with Crippen molar-refractivity contribution in [1.29, 1.82) is 0 Å².